The molecule has 0 aliphatic rings. The zero-order valence-electron chi connectivity index (χ0n) is 12.2. The highest BCUT2D eigenvalue weighted by Gasteiger charge is 2.05. The predicted octanol–water partition coefficient (Wildman–Crippen LogP) is 1.58. The van der Waals surface area contributed by atoms with E-state index in [1.165, 1.54) is 25.5 Å². The number of hydrazone groups is 1. The van der Waals surface area contributed by atoms with Crippen molar-refractivity contribution in [3.63, 3.8) is 0 Å². The van der Waals surface area contributed by atoms with Crippen LogP contribution in [-0.2, 0) is 9.59 Å². The van der Waals surface area contributed by atoms with Crippen LogP contribution in [0.3, 0.4) is 0 Å². The molecule has 6 nitrogen and oxygen atoms in total. The Hall–Kier alpha value is -2.37. The molecule has 2 amide bonds. The number of ether oxygens (including phenoxy) is 1. The van der Waals surface area contributed by atoms with E-state index in [0.717, 1.165) is 17.7 Å². The molecule has 21 heavy (non-hydrogen) atoms. The molecule has 1 aromatic rings. The summed E-state index contributed by atoms with van der Waals surface area (Å²) < 4.78 is 5.61. The molecule has 0 heterocycles. The summed E-state index contributed by atoms with van der Waals surface area (Å²) in [4.78, 5) is 21.3. The van der Waals surface area contributed by atoms with E-state index in [2.05, 4.69) is 12.0 Å². The van der Waals surface area contributed by atoms with Gasteiger partial charge >= 0.3 is 11.8 Å². The first kappa shape index (κ1) is 16.7. The number of benzene rings is 1. The fourth-order valence-electron chi connectivity index (χ4n) is 1.59. The van der Waals surface area contributed by atoms with Gasteiger partial charge < -0.3 is 10.5 Å². The maximum atomic E-state index is 10.9. The van der Waals surface area contributed by atoms with Gasteiger partial charge in [0.05, 0.1) is 12.8 Å². The topological polar surface area (TPSA) is 93.8 Å². The Labute approximate surface area is 124 Å². The first-order valence-electron chi connectivity index (χ1n) is 6.99. The largest absolute Gasteiger partial charge is 0.494 e. The third kappa shape index (κ3) is 7.10. The first-order chi connectivity index (χ1) is 10.1. The normalized spacial score (nSPS) is 10.5. The molecule has 0 aliphatic carbocycles. The average molecular weight is 291 g/mol. The number of primary amides is 1. The molecule has 0 radical (unpaired) electrons. The summed E-state index contributed by atoms with van der Waals surface area (Å²) >= 11 is 0. The molecule has 0 saturated heterocycles. The van der Waals surface area contributed by atoms with E-state index in [-0.39, 0.29) is 0 Å². The van der Waals surface area contributed by atoms with Gasteiger partial charge in [-0.05, 0) is 36.2 Å². The van der Waals surface area contributed by atoms with Crippen LogP contribution in [0.1, 0.15) is 38.2 Å². The Morgan fingerprint density at radius 2 is 1.95 bits per heavy atom. The summed E-state index contributed by atoms with van der Waals surface area (Å²) in [5.74, 6) is -1.22. The monoisotopic (exact) mass is 291 g/mol. The van der Waals surface area contributed by atoms with Crippen LogP contribution in [-0.4, -0.2) is 24.6 Å². The molecule has 1 aromatic carbocycles. The Morgan fingerprint density at radius 3 is 2.57 bits per heavy atom. The number of nitrogens with one attached hydrogen (secondary N) is 1. The second-order valence-corrected chi connectivity index (χ2v) is 4.54. The van der Waals surface area contributed by atoms with Crippen molar-refractivity contribution in [2.45, 2.75) is 32.6 Å². The van der Waals surface area contributed by atoms with Crippen LogP contribution < -0.4 is 15.9 Å². The number of amides is 2. The van der Waals surface area contributed by atoms with Gasteiger partial charge in [0.2, 0.25) is 0 Å². The van der Waals surface area contributed by atoms with Gasteiger partial charge in [0, 0.05) is 0 Å². The summed E-state index contributed by atoms with van der Waals surface area (Å²) in [5, 5.41) is 3.62. The summed E-state index contributed by atoms with van der Waals surface area (Å²) in [6, 6.07) is 7.27. The minimum absolute atomic E-state index is 0.710. The molecular weight excluding hydrogens is 270 g/mol. The van der Waals surface area contributed by atoms with Crippen LogP contribution in [0, 0.1) is 0 Å². The lowest BCUT2D eigenvalue weighted by molar-refractivity contribution is -0.137. The molecule has 0 saturated carbocycles. The van der Waals surface area contributed by atoms with Crippen molar-refractivity contribution in [1.82, 2.24) is 5.43 Å². The Balaban J connectivity index is 2.34. The highest BCUT2D eigenvalue weighted by Crippen LogP contribution is 2.12. The van der Waals surface area contributed by atoms with Crippen molar-refractivity contribution < 1.29 is 14.3 Å². The second-order valence-electron chi connectivity index (χ2n) is 4.54. The SMILES string of the molecule is CCCCCCOc1ccc(/C=N\NC(=O)C(N)=O)cc1. The quantitative estimate of drug-likeness (QED) is 0.329. The highest BCUT2D eigenvalue weighted by atomic mass is 16.5. The third-order valence-corrected chi connectivity index (χ3v) is 2.75. The van der Waals surface area contributed by atoms with E-state index in [1.807, 2.05) is 17.6 Å². The highest BCUT2D eigenvalue weighted by molar-refractivity contribution is 6.34. The van der Waals surface area contributed by atoms with Crippen molar-refractivity contribution >= 4 is 18.0 Å². The van der Waals surface area contributed by atoms with E-state index in [4.69, 9.17) is 10.5 Å². The number of hydrogen-bond acceptors (Lipinski definition) is 4. The molecule has 0 aliphatic heterocycles. The number of rotatable bonds is 8. The Bertz CT molecular complexity index is 483. The molecule has 0 atom stereocenters. The Morgan fingerprint density at radius 1 is 1.24 bits per heavy atom. The van der Waals surface area contributed by atoms with Crippen LogP contribution in [0.2, 0.25) is 0 Å². The third-order valence-electron chi connectivity index (χ3n) is 2.75. The van der Waals surface area contributed by atoms with Gasteiger partial charge in [0.1, 0.15) is 5.75 Å². The van der Waals surface area contributed by atoms with Gasteiger partial charge in [0.25, 0.3) is 0 Å². The summed E-state index contributed by atoms with van der Waals surface area (Å²) in [5.41, 5.74) is 7.57. The van der Waals surface area contributed by atoms with Crippen LogP contribution in [0.4, 0.5) is 0 Å². The summed E-state index contributed by atoms with van der Waals surface area (Å²) in [6.45, 7) is 2.88. The van der Waals surface area contributed by atoms with Crippen molar-refractivity contribution in [1.29, 1.82) is 0 Å². The Kier molecular flexibility index (Phi) is 7.56. The first-order valence-corrected chi connectivity index (χ1v) is 6.99. The maximum Gasteiger partial charge on any atom is 0.329 e. The molecule has 6 heteroatoms. The van der Waals surface area contributed by atoms with Gasteiger partial charge in [-0.1, -0.05) is 26.2 Å². The number of carbonyl (C=O) groups is 2. The standard InChI is InChI=1S/C15H21N3O3/c1-2-3-4-5-10-21-13-8-6-12(7-9-13)11-17-18-15(20)14(16)19/h6-9,11H,2-5,10H2,1H3,(H2,16,19)(H,18,20)/b17-11-. The minimum atomic E-state index is -1.07. The number of unbranched alkanes of at least 4 members (excludes halogenated alkanes) is 3. The molecule has 0 spiro atoms. The van der Waals surface area contributed by atoms with Gasteiger partial charge in [0.15, 0.2) is 0 Å². The lowest BCUT2D eigenvalue weighted by Gasteiger charge is -2.05. The molecule has 0 fully saturated rings. The molecule has 114 valence electrons. The molecule has 0 bridgehead atoms. The van der Waals surface area contributed by atoms with Crippen molar-refractivity contribution in [3.8, 4) is 5.75 Å². The van der Waals surface area contributed by atoms with Crippen molar-refractivity contribution in [3.05, 3.63) is 29.8 Å². The van der Waals surface area contributed by atoms with Gasteiger partial charge in [-0.25, -0.2) is 5.43 Å². The fourth-order valence-corrected chi connectivity index (χ4v) is 1.59. The van der Waals surface area contributed by atoms with Crippen LogP contribution in [0.25, 0.3) is 0 Å². The number of carbonyl (C=O) groups excluding carboxylic acids is 2. The second kappa shape index (κ2) is 9.52. The number of nitrogens with two attached hydrogens (primary N) is 1. The zero-order chi connectivity index (χ0) is 15.5. The lowest BCUT2D eigenvalue weighted by Crippen LogP contribution is -2.32. The van der Waals surface area contributed by atoms with Crippen molar-refractivity contribution in [2.24, 2.45) is 10.8 Å². The van der Waals surface area contributed by atoms with Crippen LogP contribution >= 0.6 is 0 Å². The molecule has 0 unspecified atom stereocenters. The smallest absolute Gasteiger partial charge is 0.329 e. The summed E-state index contributed by atoms with van der Waals surface area (Å²) in [7, 11) is 0. The predicted molar refractivity (Wildman–Crippen MR) is 81.0 cm³/mol. The minimum Gasteiger partial charge on any atom is -0.494 e. The summed E-state index contributed by atoms with van der Waals surface area (Å²) in [6.07, 6.45) is 6.10. The molecule has 3 N–H and O–H groups in total. The van der Waals surface area contributed by atoms with E-state index in [9.17, 15) is 9.59 Å². The van der Waals surface area contributed by atoms with E-state index < -0.39 is 11.8 Å². The fraction of sp³-hybridized carbons (Fsp3) is 0.400. The van der Waals surface area contributed by atoms with Crippen molar-refractivity contribution in [2.75, 3.05) is 6.61 Å². The van der Waals surface area contributed by atoms with Crippen LogP contribution in [0.5, 0.6) is 5.75 Å². The number of nitrogens with zero attached hydrogens (tertiary/aromatic N) is 1. The molecule has 0 aromatic heterocycles. The zero-order valence-corrected chi connectivity index (χ0v) is 12.2. The van der Waals surface area contributed by atoms with E-state index in [1.54, 1.807) is 12.1 Å². The van der Waals surface area contributed by atoms with Gasteiger partial charge in [-0.15, -0.1) is 0 Å². The number of hydrogen-bond donors (Lipinski definition) is 2. The van der Waals surface area contributed by atoms with Gasteiger partial charge in [-0.3, -0.25) is 9.59 Å². The molecule has 1 rings (SSSR count). The average Bonchev–Trinajstić information content (AvgIpc) is 2.48. The maximum absolute atomic E-state index is 10.9. The van der Waals surface area contributed by atoms with E-state index in [0.29, 0.717) is 6.61 Å². The molecular formula is C15H21N3O3. The lowest BCUT2D eigenvalue weighted by atomic mass is 10.2. The van der Waals surface area contributed by atoms with Gasteiger partial charge in [-0.2, -0.15) is 5.10 Å². The van der Waals surface area contributed by atoms with E-state index >= 15 is 0 Å². The van der Waals surface area contributed by atoms with Crippen LogP contribution in [0.15, 0.2) is 29.4 Å².